The molecular formula is C17H16N2. The van der Waals surface area contributed by atoms with Crippen molar-refractivity contribution in [3.63, 3.8) is 0 Å². The number of rotatable bonds is 2. The molecule has 1 aromatic heterocycles. The lowest BCUT2D eigenvalue weighted by molar-refractivity contribution is 1.25. The Morgan fingerprint density at radius 2 is 1.58 bits per heavy atom. The number of hydrogen-bond acceptors (Lipinski definition) is 1. The molecule has 0 aliphatic rings. The molecule has 0 aliphatic heterocycles. The lowest BCUT2D eigenvalue weighted by Crippen LogP contribution is -1.82. The van der Waals surface area contributed by atoms with E-state index in [9.17, 15) is 0 Å². The second kappa shape index (κ2) is 4.73. The zero-order valence-electron chi connectivity index (χ0n) is 11.1. The molecule has 2 nitrogen and oxygen atoms in total. The first kappa shape index (κ1) is 11.7. The Hall–Kier alpha value is -2.35. The Balaban J connectivity index is 2.07. The molecule has 0 atom stereocenters. The quantitative estimate of drug-likeness (QED) is 0.717. The van der Waals surface area contributed by atoms with Crippen LogP contribution in [0.3, 0.4) is 0 Å². The van der Waals surface area contributed by atoms with Gasteiger partial charge in [-0.15, -0.1) is 0 Å². The molecule has 0 radical (unpaired) electrons. The lowest BCUT2D eigenvalue weighted by Gasteiger charge is -1.98. The molecule has 0 saturated carbocycles. The molecule has 1 N–H and O–H groups in total. The molecule has 3 aromatic rings. The van der Waals surface area contributed by atoms with Gasteiger partial charge < -0.3 is 4.98 Å². The van der Waals surface area contributed by atoms with Gasteiger partial charge in [0.05, 0.1) is 5.69 Å². The molecule has 3 rings (SSSR count). The van der Waals surface area contributed by atoms with Crippen molar-refractivity contribution < 1.29 is 0 Å². The fourth-order valence-corrected chi connectivity index (χ4v) is 2.27. The van der Waals surface area contributed by atoms with E-state index in [0.717, 1.165) is 28.3 Å². The molecule has 0 fully saturated rings. The third-order valence-corrected chi connectivity index (χ3v) is 3.22. The highest BCUT2D eigenvalue weighted by Gasteiger charge is 2.09. The number of benzene rings is 2. The van der Waals surface area contributed by atoms with Gasteiger partial charge in [-0.1, -0.05) is 54.1 Å². The number of imidazole rings is 1. The van der Waals surface area contributed by atoms with Crippen LogP contribution >= 0.6 is 0 Å². The van der Waals surface area contributed by atoms with E-state index in [2.05, 4.69) is 55.2 Å². The number of aryl methyl sites for hydroxylation is 2. The molecule has 2 aromatic carbocycles. The van der Waals surface area contributed by atoms with E-state index >= 15 is 0 Å². The molecular weight excluding hydrogens is 232 g/mol. The van der Waals surface area contributed by atoms with Crippen LogP contribution in [0, 0.1) is 13.8 Å². The Bertz CT molecular complexity index is 696. The van der Waals surface area contributed by atoms with Gasteiger partial charge in [0.2, 0.25) is 0 Å². The second-order valence-electron chi connectivity index (χ2n) is 4.79. The average Bonchev–Trinajstić information content (AvgIpc) is 2.82. The first-order chi connectivity index (χ1) is 9.24. The van der Waals surface area contributed by atoms with Crippen LogP contribution in [0.15, 0.2) is 54.6 Å². The number of nitrogens with zero attached hydrogens (tertiary/aromatic N) is 1. The van der Waals surface area contributed by atoms with Gasteiger partial charge in [0.15, 0.2) is 0 Å². The van der Waals surface area contributed by atoms with Gasteiger partial charge in [0.1, 0.15) is 5.82 Å². The van der Waals surface area contributed by atoms with Gasteiger partial charge in [-0.2, -0.15) is 0 Å². The number of aromatic nitrogens is 2. The Morgan fingerprint density at radius 3 is 2.32 bits per heavy atom. The first-order valence-corrected chi connectivity index (χ1v) is 6.43. The van der Waals surface area contributed by atoms with Crippen molar-refractivity contribution in [1.29, 1.82) is 0 Å². The normalized spacial score (nSPS) is 10.6. The van der Waals surface area contributed by atoms with Crippen LogP contribution in [0.2, 0.25) is 0 Å². The third-order valence-electron chi connectivity index (χ3n) is 3.22. The van der Waals surface area contributed by atoms with E-state index < -0.39 is 0 Å². The van der Waals surface area contributed by atoms with Crippen LogP contribution in [0.4, 0.5) is 0 Å². The van der Waals surface area contributed by atoms with Crippen molar-refractivity contribution in [1.82, 2.24) is 9.97 Å². The summed E-state index contributed by atoms with van der Waals surface area (Å²) in [5, 5.41) is 0. The van der Waals surface area contributed by atoms with E-state index in [1.54, 1.807) is 0 Å². The largest absolute Gasteiger partial charge is 0.342 e. The minimum absolute atomic E-state index is 0.931. The molecule has 0 bridgehead atoms. The van der Waals surface area contributed by atoms with Crippen LogP contribution in [-0.4, -0.2) is 9.97 Å². The molecule has 0 amide bonds. The number of aromatic amines is 1. The predicted molar refractivity (Wildman–Crippen MR) is 78.9 cm³/mol. The molecule has 0 spiro atoms. The summed E-state index contributed by atoms with van der Waals surface area (Å²) in [6.45, 7) is 4.16. The minimum atomic E-state index is 0.931. The summed E-state index contributed by atoms with van der Waals surface area (Å²) >= 11 is 0. The summed E-state index contributed by atoms with van der Waals surface area (Å²) in [7, 11) is 0. The van der Waals surface area contributed by atoms with Gasteiger partial charge in [0, 0.05) is 16.8 Å². The Morgan fingerprint density at radius 1 is 0.842 bits per heavy atom. The zero-order valence-corrected chi connectivity index (χ0v) is 11.1. The number of nitrogens with one attached hydrogen (secondary N) is 1. The van der Waals surface area contributed by atoms with Gasteiger partial charge in [-0.25, -0.2) is 4.98 Å². The second-order valence-corrected chi connectivity index (χ2v) is 4.79. The fourth-order valence-electron chi connectivity index (χ4n) is 2.27. The smallest absolute Gasteiger partial charge is 0.138 e. The number of hydrogen-bond donors (Lipinski definition) is 1. The predicted octanol–water partition coefficient (Wildman–Crippen LogP) is 4.36. The third kappa shape index (κ3) is 2.29. The highest BCUT2D eigenvalue weighted by Crippen LogP contribution is 2.25. The zero-order chi connectivity index (χ0) is 13.2. The fraction of sp³-hybridized carbons (Fsp3) is 0.118. The highest BCUT2D eigenvalue weighted by molar-refractivity contribution is 5.67. The highest BCUT2D eigenvalue weighted by atomic mass is 14.9. The van der Waals surface area contributed by atoms with Crippen molar-refractivity contribution >= 4 is 0 Å². The van der Waals surface area contributed by atoms with Gasteiger partial charge >= 0.3 is 0 Å². The summed E-state index contributed by atoms with van der Waals surface area (Å²) < 4.78 is 0. The monoisotopic (exact) mass is 248 g/mol. The minimum Gasteiger partial charge on any atom is -0.342 e. The maximum Gasteiger partial charge on any atom is 0.138 e. The Labute approximate surface area is 113 Å². The van der Waals surface area contributed by atoms with E-state index in [1.165, 1.54) is 5.56 Å². The molecule has 0 saturated heterocycles. The summed E-state index contributed by atoms with van der Waals surface area (Å²) in [4.78, 5) is 8.11. The van der Waals surface area contributed by atoms with Crippen LogP contribution in [-0.2, 0) is 0 Å². The lowest BCUT2D eigenvalue weighted by atomic mass is 10.1. The van der Waals surface area contributed by atoms with Crippen LogP contribution in [0.25, 0.3) is 22.6 Å². The van der Waals surface area contributed by atoms with E-state index in [-0.39, 0.29) is 0 Å². The van der Waals surface area contributed by atoms with E-state index in [0.29, 0.717) is 0 Å². The summed E-state index contributed by atoms with van der Waals surface area (Å²) in [6, 6.07) is 18.7. The maximum absolute atomic E-state index is 4.74. The topological polar surface area (TPSA) is 28.7 Å². The van der Waals surface area contributed by atoms with Crippen LogP contribution in [0.5, 0.6) is 0 Å². The van der Waals surface area contributed by atoms with Gasteiger partial charge in [-0.3, -0.25) is 0 Å². The van der Waals surface area contributed by atoms with Gasteiger partial charge in [0.25, 0.3) is 0 Å². The van der Waals surface area contributed by atoms with Crippen molar-refractivity contribution in [2.45, 2.75) is 13.8 Å². The summed E-state index contributed by atoms with van der Waals surface area (Å²) in [5.74, 6) is 0.931. The summed E-state index contributed by atoms with van der Waals surface area (Å²) in [5.41, 5.74) is 5.65. The molecule has 2 heteroatoms. The van der Waals surface area contributed by atoms with Gasteiger partial charge in [-0.05, 0) is 19.9 Å². The van der Waals surface area contributed by atoms with Crippen molar-refractivity contribution in [2.24, 2.45) is 0 Å². The van der Waals surface area contributed by atoms with E-state index in [4.69, 9.17) is 4.98 Å². The van der Waals surface area contributed by atoms with Crippen LogP contribution in [0.1, 0.15) is 11.3 Å². The van der Waals surface area contributed by atoms with E-state index in [1.807, 2.05) is 18.2 Å². The van der Waals surface area contributed by atoms with Crippen molar-refractivity contribution in [3.05, 3.63) is 65.9 Å². The standard InChI is InChI=1S/C17H16N2/c1-12-7-6-10-15(11-12)17-18-13(2)16(19-17)14-8-4-3-5-9-14/h3-11H,1-2H3,(H,18,19). The average molecular weight is 248 g/mol. The van der Waals surface area contributed by atoms with Crippen LogP contribution < -0.4 is 0 Å². The Kier molecular flexibility index (Phi) is 2.92. The maximum atomic E-state index is 4.74. The SMILES string of the molecule is Cc1cccc(-c2nc(-c3ccccc3)c(C)[nH]2)c1. The van der Waals surface area contributed by atoms with Crippen molar-refractivity contribution in [2.75, 3.05) is 0 Å². The molecule has 0 unspecified atom stereocenters. The molecule has 19 heavy (non-hydrogen) atoms. The summed E-state index contributed by atoms with van der Waals surface area (Å²) in [6.07, 6.45) is 0. The molecule has 94 valence electrons. The first-order valence-electron chi connectivity index (χ1n) is 6.43. The molecule has 0 aliphatic carbocycles. The number of H-pyrrole nitrogens is 1. The van der Waals surface area contributed by atoms with Crippen molar-refractivity contribution in [3.8, 4) is 22.6 Å². The molecule has 1 heterocycles.